The highest BCUT2D eigenvalue weighted by molar-refractivity contribution is 5.91. The number of likely N-dealkylation sites (N-methyl/N-ethyl adjacent to an activating group) is 1. The Bertz CT molecular complexity index is 719. The number of carboxylic acid groups (broad SMARTS) is 1. The number of hydroxylamine groups is 1. The SMILES string of the molecule is CNC(=O)[C@@H](NC(=O)[C@@H](CC(=O)NO)CC(C)C)c1ccc(OCC(=O)O)cc1. The maximum absolute atomic E-state index is 12.7. The molecule has 0 aliphatic heterocycles. The summed E-state index contributed by atoms with van der Waals surface area (Å²) in [6.07, 6.45) is 0.171. The molecule has 1 aromatic carbocycles. The van der Waals surface area contributed by atoms with Crippen LogP contribution in [-0.2, 0) is 19.2 Å². The minimum Gasteiger partial charge on any atom is -0.482 e. The predicted molar refractivity (Wildman–Crippen MR) is 102 cm³/mol. The van der Waals surface area contributed by atoms with Crippen molar-refractivity contribution in [3.05, 3.63) is 29.8 Å². The fraction of sp³-hybridized carbons (Fsp3) is 0.474. The summed E-state index contributed by atoms with van der Waals surface area (Å²) in [4.78, 5) is 47.1. The summed E-state index contributed by atoms with van der Waals surface area (Å²) >= 11 is 0. The van der Waals surface area contributed by atoms with Gasteiger partial charge in [0.2, 0.25) is 17.7 Å². The second-order valence-electron chi connectivity index (χ2n) is 6.87. The molecule has 10 heteroatoms. The molecule has 160 valence electrons. The van der Waals surface area contributed by atoms with Gasteiger partial charge >= 0.3 is 5.97 Å². The fourth-order valence-corrected chi connectivity index (χ4v) is 2.73. The van der Waals surface area contributed by atoms with Crippen molar-refractivity contribution in [2.45, 2.75) is 32.7 Å². The molecule has 0 bridgehead atoms. The second-order valence-corrected chi connectivity index (χ2v) is 6.87. The standard InChI is InChI=1S/C19H27N3O7/c1-11(2)8-13(9-15(23)22-28)18(26)21-17(19(27)20-3)12-4-6-14(7-5-12)29-10-16(24)25/h4-7,11,13,17,28H,8-10H2,1-3H3,(H,20,27)(H,21,26)(H,22,23)(H,24,25)/t13-,17+/m1/s1. The first-order valence-corrected chi connectivity index (χ1v) is 9.07. The molecule has 0 aromatic heterocycles. The Morgan fingerprint density at radius 1 is 1.07 bits per heavy atom. The van der Waals surface area contributed by atoms with E-state index in [0.29, 0.717) is 17.7 Å². The van der Waals surface area contributed by atoms with Crippen LogP contribution in [0, 0.1) is 11.8 Å². The van der Waals surface area contributed by atoms with Crippen molar-refractivity contribution in [2.75, 3.05) is 13.7 Å². The van der Waals surface area contributed by atoms with E-state index >= 15 is 0 Å². The van der Waals surface area contributed by atoms with Gasteiger partial charge in [0.1, 0.15) is 11.8 Å². The number of carbonyl (C=O) groups is 4. The number of amides is 3. The van der Waals surface area contributed by atoms with Crippen LogP contribution in [-0.4, -0.2) is 47.7 Å². The van der Waals surface area contributed by atoms with Crippen molar-refractivity contribution < 1.29 is 34.2 Å². The van der Waals surface area contributed by atoms with Crippen molar-refractivity contribution in [1.82, 2.24) is 16.1 Å². The highest BCUT2D eigenvalue weighted by Gasteiger charge is 2.28. The maximum Gasteiger partial charge on any atom is 0.341 e. The molecule has 0 radical (unpaired) electrons. The molecule has 2 atom stereocenters. The number of aliphatic carboxylic acids is 1. The van der Waals surface area contributed by atoms with Crippen molar-refractivity contribution in [3.8, 4) is 5.75 Å². The molecule has 10 nitrogen and oxygen atoms in total. The van der Waals surface area contributed by atoms with Crippen LogP contribution in [0.5, 0.6) is 5.75 Å². The van der Waals surface area contributed by atoms with Gasteiger partial charge in [-0.25, -0.2) is 10.3 Å². The summed E-state index contributed by atoms with van der Waals surface area (Å²) in [5, 5.41) is 22.5. The average Bonchev–Trinajstić information content (AvgIpc) is 2.69. The lowest BCUT2D eigenvalue weighted by atomic mass is 9.92. The van der Waals surface area contributed by atoms with E-state index in [1.807, 2.05) is 13.8 Å². The van der Waals surface area contributed by atoms with Crippen LogP contribution in [0.1, 0.15) is 38.3 Å². The van der Waals surface area contributed by atoms with Gasteiger partial charge in [0, 0.05) is 19.4 Å². The van der Waals surface area contributed by atoms with Crippen LogP contribution in [0.4, 0.5) is 0 Å². The van der Waals surface area contributed by atoms with E-state index in [4.69, 9.17) is 15.1 Å². The third kappa shape index (κ3) is 8.18. The van der Waals surface area contributed by atoms with Gasteiger partial charge in [0.05, 0.1) is 0 Å². The molecule has 0 aliphatic carbocycles. The Hall–Kier alpha value is -3.14. The molecule has 1 aromatic rings. The van der Waals surface area contributed by atoms with Crippen LogP contribution in [0.25, 0.3) is 0 Å². The van der Waals surface area contributed by atoms with Crippen molar-refractivity contribution in [2.24, 2.45) is 11.8 Å². The zero-order valence-electron chi connectivity index (χ0n) is 16.6. The normalized spacial score (nSPS) is 12.6. The lowest BCUT2D eigenvalue weighted by Gasteiger charge is -2.23. The van der Waals surface area contributed by atoms with Crippen molar-refractivity contribution in [3.63, 3.8) is 0 Å². The number of nitrogens with one attached hydrogen (secondary N) is 3. The number of carbonyl (C=O) groups excluding carboxylic acids is 3. The van der Waals surface area contributed by atoms with E-state index in [2.05, 4.69) is 10.6 Å². The van der Waals surface area contributed by atoms with Crippen LogP contribution in [0.2, 0.25) is 0 Å². The first kappa shape index (κ1) is 23.9. The zero-order chi connectivity index (χ0) is 22.0. The summed E-state index contributed by atoms with van der Waals surface area (Å²) in [7, 11) is 1.43. The molecular formula is C19H27N3O7. The van der Waals surface area contributed by atoms with Crippen LogP contribution >= 0.6 is 0 Å². The van der Waals surface area contributed by atoms with E-state index in [9.17, 15) is 19.2 Å². The van der Waals surface area contributed by atoms with Gasteiger partial charge in [-0.15, -0.1) is 0 Å². The lowest BCUT2D eigenvalue weighted by Crippen LogP contribution is -2.42. The fourth-order valence-electron chi connectivity index (χ4n) is 2.73. The smallest absolute Gasteiger partial charge is 0.341 e. The Morgan fingerprint density at radius 2 is 1.69 bits per heavy atom. The molecular weight excluding hydrogens is 382 g/mol. The number of ether oxygens (including phenoxy) is 1. The van der Waals surface area contributed by atoms with Gasteiger partial charge in [0.15, 0.2) is 6.61 Å². The first-order valence-electron chi connectivity index (χ1n) is 9.07. The Kier molecular flexibility index (Phi) is 9.60. The van der Waals surface area contributed by atoms with E-state index in [0.717, 1.165) is 0 Å². The van der Waals surface area contributed by atoms with Gasteiger partial charge < -0.3 is 20.5 Å². The molecule has 3 amide bonds. The highest BCUT2D eigenvalue weighted by atomic mass is 16.5. The molecule has 5 N–H and O–H groups in total. The number of rotatable bonds is 11. The largest absolute Gasteiger partial charge is 0.482 e. The number of hydrogen-bond acceptors (Lipinski definition) is 6. The van der Waals surface area contributed by atoms with E-state index in [-0.39, 0.29) is 12.3 Å². The third-order valence-electron chi connectivity index (χ3n) is 4.05. The Morgan fingerprint density at radius 3 is 2.17 bits per heavy atom. The lowest BCUT2D eigenvalue weighted by molar-refractivity contribution is -0.139. The minimum absolute atomic E-state index is 0.112. The first-order chi connectivity index (χ1) is 13.7. The summed E-state index contributed by atoms with van der Waals surface area (Å²) < 4.78 is 5.05. The molecule has 0 aliphatic rings. The quantitative estimate of drug-likeness (QED) is 0.265. The second kappa shape index (κ2) is 11.6. The van der Waals surface area contributed by atoms with Gasteiger partial charge in [-0.3, -0.25) is 19.6 Å². The monoisotopic (exact) mass is 409 g/mol. The Balaban J connectivity index is 2.99. The summed E-state index contributed by atoms with van der Waals surface area (Å²) in [6.45, 7) is 3.28. The average molecular weight is 409 g/mol. The van der Waals surface area contributed by atoms with Gasteiger partial charge in [0.25, 0.3) is 0 Å². The van der Waals surface area contributed by atoms with E-state index < -0.39 is 42.3 Å². The van der Waals surface area contributed by atoms with Crippen LogP contribution < -0.4 is 20.9 Å². The molecule has 0 saturated carbocycles. The van der Waals surface area contributed by atoms with Gasteiger partial charge in [-0.05, 0) is 30.0 Å². The molecule has 1 rings (SSSR count). The van der Waals surface area contributed by atoms with Gasteiger partial charge in [-0.2, -0.15) is 0 Å². The molecule has 0 fully saturated rings. The molecule has 29 heavy (non-hydrogen) atoms. The number of benzene rings is 1. The molecule has 0 unspecified atom stereocenters. The third-order valence-corrected chi connectivity index (χ3v) is 4.05. The predicted octanol–water partition coefficient (Wildman–Crippen LogP) is 0.611. The molecule has 0 saturated heterocycles. The maximum atomic E-state index is 12.7. The number of hydrogen-bond donors (Lipinski definition) is 5. The van der Waals surface area contributed by atoms with E-state index in [1.54, 1.807) is 0 Å². The number of carboxylic acids is 1. The summed E-state index contributed by atoms with van der Waals surface area (Å²) in [5.41, 5.74) is 1.97. The summed E-state index contributed by atoms with van der Waals surface area (Å²) in [5.74, 6) is -3.09. The Labute approximate surface area is 168 Å². The van der Waals surface area contributed by atoms with Gasteiger partial charge in [-0.1, -0.05) is 26.0 Å². The molecule has 0 spiro atoms. The minimum atomic E-state index is -1.12. The molecule has 0 heterocycles. The van der Waals surface area contributed by atoms with Crippen LogP contribution in [0.3, 0.4) is 0 Å². The highest BCUT2D eigenvalue weighted by Crippen LogP contribution is 2.21. The summed E-state index contributed by atoms with van der Waals surface area (Å²) in [6, 6.07) is 5.04. The van der Waals surface area contributed by atoms with Crippen LogP contribution in [0.15, 0.2) is 24.3 Å². The van der Waals surface area contributed by atoms with Crippen molar-refractivity contribution >= 4 is 23.7 Å². The van der Waals surface area contributed by atoms with E-state index in [1.165, 1.54) is 36.8 Å². The zero-order valence-corrected chi connectivity index (χ0v) is 16.6. The van der Waals surface area contributed by atoms with Crippen molar-refractivity contribution in [1.29, 1.82) is 0 Å². The topological polar surface area (TPSA) is 154 Å².